The number of aliphatic hydroxyl groups excluding tert-OH is 1. The van der Waals surface area contributed by atoms with Crippen molar-refractivity contribution in [3.05, 3.63) is 59.7 Å². The highest BCUT2D eigenvalue weighted by molar-refractivity contribution is 7.91. The van der Waals surface area contributed by atoms with Gasteiger partial charge in [-0.2, -0.15) is 0 Å². The van der Waals surface area contributed by atoms with Crippen LogP contribution in [0.5, 0.6) is 0 Å². The smallest absolute Gasteiger partial charge is 0.179 e. The molecule has 2 aromatic carbocycles. The highest BCUT2D eigenvalue weighted by Crippen LogP contribution is 2.42. The molecule has 146 valence electrons. The predicted octanol–water partition coefficient (Wildman–Crippen LogP) is 3.84. The molecule has 3 atom stereocenters. The first-order chi connectivity index (χ1) is 12.8. The minimum absolute atomic E-state index is 0.00577. The molecule has 27 heavy (non-hydrogen) atoms. The zero-order chi connectivity index (χ0) is 19.6. The van der Waals surface area contributed by atoms with Crippen LogP contribution in [0.15, 0.2) is 53.4 Å². The van der Waals surface area contributed by atoms with E-state index in [0.717, 1.165) is 30.5 Å². The second-order valence-corrected chi connectivity index (χ2v) is 9.68. The molecular weight excluding hydrogens is 358 g/mol. The van der Waals surface area contributed by atoms with Crippen molar-refractivity contribution in [2.75, 3.05) is 24.7 Å². The first kappa shape index (κ1) is 19.9. The van der Waals surface area contributed by atoms with Crippen molar-refractivity contribution in [1.29, 1.82) is 0 Å². The molecule has 0 aromatic heterocycles. The summed E-state index contributed by atoms with van der Waals surface area (Å²) in [5.74, 6) is -0.609. The van der Waals surface area contributed by atoms with Crippen LogP contribution in [-0.2, 0) is 9.84 Å². The van der Waals surface area contributed by atoms with E-state index in [1.54, 1.807) is 6.07 Å². The van der Waals surface area contributed by atoms with E-state index in [1.165, 1.54) is 0 Å². The summed E-state index contributed by atoms with van der Waals surface area (Å²) in [4.78, 5) is 2.32. The Kier molecular flexibility index (Phi) is 5.92. The third-order valence-electron chi connectivity index (χ3n) is 5.53. The molecule has 1 aliphatic heterocycles. The molecule has 2 aromatic rings. The first-order valence-electron chi connectivity index (χ1n) is 9.62. The molecule has 0 bridgehead atoms. The molecule has 0 unspecified atom stereocenters. The van der Waals surface area contributed by atoms with Gasteiger partial charge in [-0.15, -0.1) is 0 Å². The SMILES string of the molecule is CCCC[C@@H]1CS(=O)(=O)c2ccc(N(C)C)cc2[C@@H](c2ccccc2)[C@H]1O. The molecule has 0 amide bonds. The van der Waals surface area contributed by atoms with Crippen LogP contribution >= 0.6 is 0 Å². The molecule has 1 aliphatic rings. The minimum atomic E-state index is -3.45. The van der Waals surface area contributed by atoms with Crippen LogP contribution in [-0.4, -0.2) is 39.5 Å². The largest absolute Gasteiger partial charge is 0.392 e. The fraction of sp³-hybridized carbons (Fsp3) is 0.455. The lowest BCUT2D eigenvalue weighted by Crippen LogP contribution is -2.30. The van der Waals surface area contributed by atoms with Gasteiger partial charge < -0.3 is 10.0 Å². The maximum atomic E-state index is 13.1. The monoisotopic (exact) mass is 387 g/mol. The Hall–Kier alpha value is -1.85. The topological polar surface area (TPSA) is 57.6 Å². The van der Waals surface area contributed by atoms with Crippen molar-refractivity contribution >= 4 is 15.5 Å². The van der Waals surface area contributed by atoms with E-state index < -0.39 is 15.9 Å². The second kappa shape index (κ2) is 8.03. The standard InChI is InChI=1S/C22H29NO3S/c1-4-5-9-17-15-27(25,26)20-13-12-18(23(2)3)14-19(20)21(22(17)24)16-10-7-6-8-11-16/h6-8,10-14,17,21-22,24H,4-5,9,15H2,1-3H3/t17-,21-,22+/m1/s1. The molecule has 1 N–H and O–H groups in total. The Balaban J connectivity index is 2.21. The van der Waals surface area contributed by atoms with E-state index in [1.807, 2.05) is 61.5 Å². The molecule has 0 aliphatic carbocycles. The van der Waals surface area contributed by atoms with Gasteiger partial charge in [0.1, 0.15) is 0 Å². The summed E-state index contributed by atoms with van der Waals surface area (Å²) in [5, 5.41) is 11.3. The van der Waals surface area contributed by atoms with Crippen molar-refractivity contribution in [1.82, 2.24) is 0 Å². The quantitative estimate of drug-likeness (QED) is 0.847. The van der Waals surface area contributed by atoms with E-state index in [9.17, 15) is 13.5 Å². The van der Waals surface area contributed by atoms with E-state index in [2.05, 4.69) is 6.92 Å². The molecule has 0 radical (unpaired) electrons. The molecule has 1 heterocycles. The Morgan fingerprint density at radius 1 is 1.11 bits per heavy atom. The van der Waals surface area contributed by atoms with Gasteiger partial charge >= 0.3 is 0 Å². The summed E-state index contributed by atoms with van der Waals surface area (Å²) in [6, 6.07) is 15.3. The number of unbranched alkanes of at least 4 members (excludes halogenated alkanes) is 1. The number of nitrogens with zero attached hydrogens (tertiary/aromatic N) is 1. The molecule has 0 spiro atoms. The molecule has 0 saturated heterocycles. The van der Waals surface area contributed by atoms with E-state index in [4.69, 9.17) is 0 Å². The first-order valence-corrected chi connectivity index (χ1v) is 11.3. The zero-order valence-corrected chi connectivity index (χ0v) is 17.1. The van der Waals surface area contributed by atoms with E-state index >= 15 is 0 Å². The van der Waals surface area contributed by atoms with Crippen LogP contribution in [0.1, 0.15) is 43.2 Å². The summed E-state index contributed by atoms with van der Waals surface area (Å²) < 4.78 is 26.3. The molecule has 0 saturated carbocycles. The van der Waals surface area contributed by atoms with Crippen LogP contribution in [0, 0.1) is 5.92 Å². The maximum absolute atomic E-state index is 13.1. The highest BCUT2D eigenvalue weighted by atomic mass is 32.2. The zero-order valence-electron chi connectivity index (χ0n) is 16.3. The van der Waals surface area contributed by atoms with Crippen LogP contribution < -0.4 is 4.90 Å². The van der Waals surface area contributed by atoms with Gasteiger partial charge in [-0.1, -0.05) is 50.1 Å². The van der Waals surface area contributed by atoms with Crippen LogP contribution in [0.2, 0.25) is 0 Å². The third-order valence-corrected chi connectivity index (χ3v) is 7.43. The predicted molar refractivity (Wildman–Crippen MR) is 110 cm³/mol. The maximum Gasteiger partial charge on any atom is 0.179 e. The highest BCUT2D eigenvalue weighted by Gasteiger charge is 2.40. The lowest BCUT2D eigenvalue weighted by Gasteiger charge is -2.28. The normalized spacial score (nSPS) is 24.1. The van der Waals surface area contributed by atoms with Gasteiger partial charge in [-0.05, 0) is 35.7 Å². The fourth-order valence-electron chi connectivity index (χ4n) is 4.02. The Bertz CT molecular complexity index is 878. The Morgan fingerprint density at radius 2 is 1.81 bits per heavy atom. The van der Waals surface area contributed by atoms with Gasteiger partial charge in [0.15, 0.2) is 9.84 Å². The molecule has 0 fully saturated rings. The molecule has 4 nitrogen and oxygen atoms in total. The van der Waals surface area contributed by atoms with E-state index in [-0.39, 0.29) is 17.6 Å². The minimum Gasteiger partial charge on any atom is -0.392 e. The van der Waals surface area contributed by atoms with Gasteiger partial charge in [-0.3, -0.25) is 0 Å². The number of hydrogen-bond donors (Lipinski definition) is 1. The summed E-state index contributed by atoms with van der Waals surface area (Å²) >= 11 is 0. The van der Waals surface area contributed by atoms with Crippen molar-refractivity contribution in [3.63, 3.8) is 0 Å². The van der Waals surface area contributed by atoms with Crippen molar-refractivity contribution in [2.45, 2.75) is 43.1 Å². The number of fused-ring (bicyclic) bond motifs is 1. The Labute approximate surface area is 162 Å². The van der Waals surface area contributed by atoms with Crippen molar-refractivity contribution < 1.29 is 13.5 Å². The summed E-state index contributed by atoms with van der Waals surface area (Å²) in [6.07, 6.45) is 1.89. The van der Waals surface area contributed by atoms with Crippen molar-refractivity contribution in [3.8, 4) is 0 Å². The van der Waals surface area contributed by atoms with E-state index in [0.29, 0.717) is 10.5 Å². The lowest BCUT2D eigenvalue weighted by molar-refractivity contribution is 0.0968. The number of anilines is 1. The third kappa shape index (κ3) is 4.04. The van der Waals surface area contributed by atoms with Gasteiger partial charge in [0, 0.05) is 31.6 Å². The number of aliphatic hydroxyl groups is 1. The fourth-order valence-corrected chi connectivity index (χ4v) is 5.95. The van der Waals surface area contributed by atoms with Crippen LogP contribution in [0.3, 0.4) is 0 Å². The lowest BCUT2D eigenvalue weighted by atomic mass is 9.80. The summed E-state index contributed by atoms with van der Waals surface area (Å²) in [6.45, 7) is 2.09. The number of benzene rings is 2. The van der Waals surface area contributed by atoms with Crippen LogP contribution in [0.4, 0.5) is 5.69 Å². The number of rotatable bonds is 5. The molecule has 3 rings (SSSR count). The summed E-state index contributed by atoms with van der Waals surface area (Å²) in [5.41, 5.74) is 2.60. The average molecular weight is 388 g/mol. The average Bonchev–Trinajstić information content (AvgIpc) is 2.73. The summed E-state index contributed by atoms with van der Waals surface area (Å²) in [7, 11) is 0.418. The second-order valence-electron chi connectivity index (χ2n) is 7.68. The Morgan fingerprint density at radius 3 is 2.44 bits per heavy atom. The number of sulfone groups is 1. The number of hydrogen-bond acceptors (Lipinski definition) is 4. The van der Waals surface area contributed by atoms with Crippen molar-refractivity contribution in [2.24, 2.45) is 5.92 Å². The van der Waals surface area contributed by atoms with Gasteiger partial charge in [0.05, 0.1) is 16.8 Å². The molecular formula is C22H29NO3S. The van der Waals surface area contributed by atoms with Gasteiger partial charge in [-0.25, -0.2) is 8.42 Å². The van der Waals surface area contributed by atoms with Crippen LogP contribution in [0.25, 0.3) is 0 Å². The molecule has 5 heteroatoms. The van der Waals surface area contributed by atoms with Gasteiger partial charge in [0.25, 0.3) is 0 Å². The van der Waals surface area contributed by atoms with Gasteiger partial charge in [0.2, 0.25) is 0 Å².